The molecule has 0 aromatic heterocycles. The second-order valence-corrected chi connectivity index (χ2v) is 7.26. The predicted molar refractivity (Wildman–Crippen MR) is 88.3 cm³/mol. The Kier molecular flexibility index (Phi) is 5.80. The van der Waals surface area contributed by atoms with Crippen LogP contribution in [0.4, 0.5) is 0 Å². The Morgan fingerprint density at radius 3 is 2.71 bits per heavy atom. The summed E-state index contributed by atoms with van der Waals surface area (Å²) in [6, 6.07) is 8.88. The maximum atomic E-state index is 5.71. The van der Waals surface area contributed by atoms with Crippen molar-refractivity contribution >= 4 is 0 Å². The molecule has 21 heavy (non-hydrogen) atoms. The van der Waals surface area contributed by atoms with Gasteiger partial charge in [-0.3, -0.25) is 4.90 Å². The molecule has 3 heteroatoms. The summed E-state index contributed by atoms with van der Waals surface area (Å²) in [4.78, 5) is 2.37. The molecule has 1 N–H and O–H groups in total. The highest BCUT2D eigenvalue weighted by Crippen LogP contribution is 2.15. The molecule has 1 saturated heterocycles. The molecule has 0 amide bonds. The summed E-state index contributed by atoms with van der Waals surface area (Å²) in [7, 11) is 2.18. The second kappa shape index (κ2) is 7.39. The van der Waals surface area contributed by atoms with E-state index in [1.807, 2.05) is 0 Å². The number of nitrogens with one attached hydrogen (secondary N) is 1. The minimum Gasteiger partial charge on any atom is -0.377 e. The van der Waals surface area contributed by atoms with Crippen LogP contribution in [0.3, 0.4) is 0 Å². The lowest BCUT2D eigenvalue weighted by Gasteiger charge is -2.22. The molecular weight excluding hydrogens is 260 g/mol. The van der Waals surface area contributed by atoms with Gasteiger partial charge >= 0.3 is 0 Å². The normalized spacial score (nSPS) is 19.4. The zero-order valence-electron chi connectivity index (χ0n) is 14.0. The standard InChI is InChI=1S/C18H30N2O/c1-18(2,3)19-12-15-7-5-8-16(11-15)13-20(4)14-17-9-6-10-21-17/h5,7-8,11,17,19H,6,9-10,12-14H2,1-4H3. The van der Waals surface area contributed by atoms with Crippen LogP contribution >= 0.6 is 0 Å². The van der Waals surface area contributed by atoms with Crippen molar-refractivity contribution in [1.82, 2.24) is 10.2 Å². The maximum Gasteiger partial charge on any atom is 0.0702 e. The molecule has 1 unspecified atom stereocenters. The molecule has 1 atom stereocenters. The van der Waals surface area contributed by atoms with E-state index in [2.05, 4.69) is 62.3 Å². The lowest BCUT2D eigenvalue weighted by molar-refractivity contribution is 0.0793. The smallest absolute Gasteiger partial charge is 0.0702 e. The topological polar surface area (TPSA) is 24.5 Å². The molecule has 118 valence electrons. The molecule has 1 aliphatic rings. The molecule has 0 radical (unpaired) electrons. The van der Waals surface area contributed by atoms with Crippen molar-refractivity contribution in [2.75, 3.05) is 20.2 Å². The van der Waals surface area contributed by atoms with E-state index in [1.54, 1.807) is 0 Å². The number of nitrogens with zero attached hydrogens (tertiary/aromatic N) is 1. The summed E-state index contributed by atoms with van der Waals surface area (Å²) in [5, 5.41) is 3.54. The van der Waals surface area contributed by atoms with E-state index in [1.165, 1.54) is 24.0 Å². The van der Waals surface area contributed by atoms with Gasteiger partial charge in [0.05, 0.1) is 6.10 Å². The van der Waals surface area contributed by atoms with Gasteiger partial charge in [0, 0.05) is 31.8 Å². The fourth-order valence-electron chi connectivity index (χ4n) is 2.72. The van der Waals surface area contributed by atoms with Crippen LogP contribution in [0.25, 0.3) is 0 Å². The number of benzene rings is 1. The van der Waals surface area contributed by atoms with Crippen molar-refractivity contribution in [1.29, 1.82) is 0 Å². The Labute approximate surface area is 129 Å². The number of hydrogen-bond donors (Lipinski definition) is 1. The molecule has 0 bridgehead atoms. The lowest BCUT2D eigenvalue weighted by Crippen LogP contribution is -2.35. The van der Waals surface area contributed by atoms with E-state index < -0.39 is 0 Å². The van der Waals surface area contributed by atoms with E-state index >= 15 is 0 Å². The van der Waals surface area contributed by atoms with Gasteiger partial charge in [0.15, 0.2) is 0 Å². The molecule has 3 nitrogen and oxygen atoms in total. The third-order valence-electron chi connectivity index (χ3n) is 3.81. The van der Waals surface area contributed by atoms with Crippen LogP contribution in [0.5, 0.6) is 0 Å². The SMILES string of the molecule is CN(Cc1cccc(CNC(C)(C)C)c1)CC1CCCO1. The van der Waals surface area contributed by atoms with Gasteiger partial charge in [-0.05, 0) is 51.8 Å². The average Bonchev–Trinajstić information content (AvgIpc) is 2.88. The average molecular weight is 290 g/mol. The number of ether oxygens (including phenoxy) is 1. The number of hydrogen-bond acceptors (Lipinski definition) is 3. The first-order valence-electron chi connectivity index (χ1n) is 8.05. The van der Waals surface area contributed by atoms with Crippen molar-refractivity contribution in [3.05, 3.63) is 35.4 Å². The molecule has 1 aromatic rings. The van der Waals surface area contributed by atoms with E-state index in [9.17, 15) is 0 Å². The van der Waals surface area contributed by atoms with Crippen molar-refractivity contribution in [2.45, 2.75) is 58.3 Å². The summed E-state index contributed by atoms with van der Waals surface area (Å²) in [5.41, 5.74) is 2.89. The Morgan fingerprint density at radius 1 is 1.29 bits per heavy atom. The highest BCUT2D eigenvalue weighted by Gasteiger charge is 2.17. The zero-order chi connectivity index (χ0) is 15.3. The van der Waals surface area contributed by atoms with Crippen LogP contribution in [0.2, 0.25) is 0 Å². The van der Waals surface area contributed by atoms with Gasteiger partial charge < -0.3 is 10.1 Å². The fourth-order valence-corrected chi connectivity index (χ4v) is 2.72. The van der Waals surface area contributed by atoms with Crippen LogP contribution in [-0.2, 0) is 17.8 Å². The predicted octanol–water partition coefficient (Wildman–Crippen LogP) is 3.19. The first-order valence-corrected chi connectivity index (χ1v) is 8.05. The van der Waals surface area contributed by atoms with E-state index in [0.29, 0.717) is 6.10 Å². The molecule has 0 saturated carbocycles. The van der Waals surface area contributed by atoms with Gasteiger partial charge in [-0.25, -0.2) is 0 Å². The Hall–Kier alpha value is -0.900. The third-order valence-corrected chi connectivity index (χ3v) is 3.81. The summed E-state index contributed by atoms with van der Waals surface area (Å²) in [6.07, 6.45) is 2.85. The molecule has 1 aliphatic heterocycles. The number of rotatable bonds is 6. The van der Waals surface area contributed by atoms with Crippen LogP contribution in [0, 0.1) is 0 Å². The van der Waals surface area contributed by atoms with Crippen molar-refractivity contribution in [2.24, 2.45) is 0 Å². The second-order valence-electron chi connectivity index (χ2n) is 7.26. The van der Waals surface area contributed by atoms with Crippen molar-refractivity contribution < 1.29 is 4.74 Å². The zero-order valence-corrected chi connectivity index (χ0v) is 14.0. The first-order chi connectivity index (χ1) is 9.92. The van der Waals surface area contributed by atoms with Crippen molar-refractivity contribution in [3.8, 4) is 0 Å². The molecule has 1 fully saturated rings. The summed E-state index contributed by atoms with van der Waals surface area (Å²) in [5.74, 6) is 0. The molecule has 1 aromatic carbocycles. The summed E-state index contributed by atoms with van der Waals surface area (Å²) in [6.45, 7) is 10.5. The van der Waals surface area contributed by atoms with E-state index in [4.69, 9.17) is 4.74 Å². The third kappa shape index (κ3) is 6.16. The molecule has 1 heterocycles. The Bertz CT molecular complexity index is 433. The minimum atomic E-state index is 0.159. The van der Waals surface area contributed by atoms with E-state index in [-0.39, 0.29) is 5.54 Å². The van der Waals surface area contributed by atoms with Gasteiger partial charge in [-0.15, -0.1) is 0 Å². The summed E-state index contributed by atoms with van der Waals surface area (Å²) < 4.78 is 5.71. The Balaban J connectivity index is 1.84. The number of likely N-dealkylation sites (N-methyl/N-ethyl adjacent to an activating group) is 1. The largest absolute Gasteiger partial charge is 0.377 e. The van der Waals surface area contributed by atoms with Crippen LogP contribution in [0.1, 0.15) is 44.7 Å². The van der Waals surface area contributed by atoms with Crippen LogP contribution in [0.15, 0.2) is 24.3 Å². The van der Waals surface area contributed by atoms with Gasteiger partial charge in [-0.2, -0.15) is 0 Å². The molecule has 0 spiro atoms. The molecular formula is C18H30N2O. The monoisotopic (exact) mass is 290 g/mol. The minimum absolute atomic E-state index is 0.159. The van der Waals surface area contributed by atoms with Gasteiger partial charge in [0.2, 0.25) is 0 Å². The highest BCUT2D eigenvalue weighted by molar-refractivity contribution is 5.23. The molecule has 0 aliphatic carbocycles. The maximum absolute atomic E-state index is 5.71. The fraction of sp³-hybridized carbons (Fsp3) is 0.667. The quantitative estimate of drug-likeness (QED) is 0.871. The van der Waals surface area contributed by atoms with Gasteiger partial charge in [0.1, 0.15) is 0 Å². The highest BCUT2D eigenvalue weighted by atomic mass is 16.5. The summed E-state index contributed by atoms with van der Waals surface area (Å²) >= 11 is 0. The first kappa shape index (κ1) is 16.5. The van der Waals surface area contributed by atoms with Crippen LogP contribution < -0.4 is 5.32 Å². The lowest BCUT2D eigenvalue weighted by atomic mass is 10.1. The van der Waals surface area contributed by atoms with Crippen molar-refractivity contribution in [3.63, 3.8) is 0 Å². The van der Waals surface area contributed by atoms with Gasteiger partial charge in [0.25, 0.3) is 0 Å². The van der Waals surface area contributed by atoms with Gasteiger partial charge in [-0.1, -0.05) is 24.3 Å². The molecule has 2 rings (SSSR count). The Morgan fingerprint density at radius 2 is 2.05 bits per heavy atom. The van der Waals surface area contributed by atoms with Crippen LogP contribution in [-0.4, -0.2) is 36.7 Å². The van der Waals surface area contributed by atoms with E-state index in [0.717, 1.165) is 26.2 Å².